The van der Waals surface area contributed by atoms with Crippen molar-refractivity contribution in [2.24, 2.45) is 10.4 Å². The molecular weight excluding hydrogens is 316 g/mol. The van der Waals surface area contributed by atoms with Gasteiger partial charge in [0.2, 0.25) is 0 Å². The molecule has 1 N–H and O–H groups in total. The molecule has 0 fully saturated rings. The van der Waals surface area contributed by atoms with Gasteiger partial charge in [-0.15, -0.1) is 0 Å². The Hall–Kier alpha value is -2.61. The number of hydrogen-bond donors (Lipinski definition) is 1. The Labute approximate surface area is 155 Å². The molecule has 26 heavy (non-hydrogen) atoms. The molecule has 1 aliphatic rings. The van der Waals surface area contributed by atoms with Crippen LogP contribution in [0.25, 0.3) is 16.3 Å². The summed E-state index contributed by atoms with van der Waals surface area (Å²) in [6.45, 7) is 8.91. The summed E-state index contributed by atoms with van der Waals surface area (Å²) in [4.78, 5) is 8.52. The highest BCUT2D eigenvalue weighted by molar-refractivity contribution is 6.00. The average Bonchev–Trinajstić information content (AvgIpc) is 3.20. The first-order valence-corrected chi connectivity index (χ1v) is 9.44. The molecule has 0 amide bonds. The van der Waals surface area contributed by atoms with Crippen LogP contribution in [0.3, 0.4) is 0 Å². The van der Waals surface area contributed by atoms with Crippen molar-refractivity contribution in [1.82, 2.24) is 4.98 Å². The predicted octanol–water partition coefficient (Wildman–Crippen LogP) is 6.38. The van der Waals surface area contributed by atoms with Crippen LogP contribution in [0.2, 0.25) is 0 Å². The molecular formula is C24H26N2. The summed E-state index contributed by atoms with van der Waals surface area (Å²) in [5.74, 6) is 0. The molecule has 3 aromatic rings. The third-order valence-corrected chi connectivity index (χ3v) is 5.66. The van der Waals surface area contributed by atoms with Crippen molar-refractivity contribution < 1.29 is 0 Å². The molecule has 0 unspecified atom stereocenters. The largest absolute Gasteiger partial charge is 0.361 e. The molecule has 0 aliphatic carbocycles. The number of nitrogens with one attached hydrogen (secondary N) is 1. The smallest absolute Gasteiger partial charge is 0.0511 e. The Morgan fingerprint density at radius 3 is 2.58 bits per heavy atom. The number of benzene rings is 2. The number of fused-ring (bicyclic) bond motifs is 1. The maximum Gasteiger partial charge on any atom is 0.0511 e. The van der Waals surface area contributed by atoms with Crippen LogP contribution in [0.5, 0.6) is 0 Å². The van der Waals surface area contributed by atoms with Crippen LogP contribution in [0.15, 0.2) is 65.4 Å². The van der Waals surface area contributed by atoms with Gasteiger partial charge in [0, 0.05) is 35.0 Å². The highest BCUT2D eigenvalue weighted by Crippen LogP contribution is 2.41. The number of rotatable bonds is 3. The van der Waals surface area contributed by atoms with Crippen LogP contribution in [-0.2, 0) is 6.42 Å². The monoisotopic (exact) mass is 342 g/mol. The van der Waals surface area contributed by atoms with Gasteiger partial charge in [-0.25, -0.2) is 0 Å². The molecule has 2 nitrogen and oxygen atoms in total. The van der Waals surface area contributed by atoms with Gasteiger partial charge in [0.05, 0.1) is 5.70 Å². The first-order valence-electron chi connectivity index (χ1n) is 9.44. The summed E-state index contributed by atoms with van der Waals surface area (Å²) in [6.07, 6.45) is 4.12. The summed E-state index contributed by atoms with van der Waals surface area (Å²) in [5, 5.41) is 2.55. The van der Waals surface area contributed by atoms with Gasteiger partial charge in [0.25, 0.3) is 0 Å². The highest BCUT2D eigenvalue weighted by Gasteiger charge is 2.31. The minimum Gasteiger partial charge on any atom is -0.361 e. The zero-order chi connectivity index (χ0) is 18.3. The SMILES string of the molecule is CCc1c[nH]c(/C(=C2/CC(C)(C)C(C)=N2)c2cccc3ccccc23)c1. The van der Waals surface area contributed by atoms with E-state index in [2.05, 4.69) is 87.4 Å². The average molecular weight is 342 g/mol. The summed E-state index contributed by atoms with van der Waals surface area (Å²) in [7, 11) is 0. The summed E-state index contributed by atoms with van der Waals surface area (Å²) < 4.78 is 0. The van der Waals surface area contributed by atoms with Gasteiger partial charge in [0.15, 0.2) is 0 Å². The van der Waals surface area contributed by atoms with Crippen molar-refractivity contribution in [3.63, 3.8) is 0 Å². The Balaban J connectivity index is 2.01. The number of nitrogens with zero attached hydrogens (tertiary/aromatic N) is 1. The number of aromatic amines is 1. The Morgan fingerprint density at radius 2 is 1.88 bits per heavy atom. The maximum atomic E-state index is 5.01. The molecule has 0 atom stereocenters. The zero-order valence-corrected chi connectivity index (χ0v) is 16.1. The van der Waals surface area contributed by atoms with Crippen LogP contribution in [0.4, 0.5) is 0 Å². The molecule has 2 heterocycles. The van der Waals surface area contributed by atoms with E-state index in [-0.39, 0.29) is 5.41 Å². The number of allylic oxidation sites excluding steroid dienone is 1. The fourth-order valence-corrected chi connectivity index (χ4v) is 3.77. The van der Waals surface area contributed by atoms with E-state index in [9.17, 15) is 0 Å². The lowest BCUT2D eigenvalue weighted by atomic mass is 9.84. The molecule has 1 aromatic heterocycles. The van der Waals surface area contributed by atoms with Gasteiger partial charge in [-0.05, 0) is 41.3 Å². The maximum absolute atomic E-state index is 5.01. The second kappa shape index (κ2) is 6.28. The van der Waals surface area contributed by atoms with Crippen molar-refractivity contribution in [3.8, 4) is 0 Å². The zero-order valence-electron chi connectivity index (χ0n) is 16.1. The third kappa shape index (κ3) is 2.80. The third-order valence-electron chi connectivity index (χ3n) is 5.66. The van der Waals surface area contributed by atoms with Gasteiger partial charge in [-0.1, -0.05) is 63.2 Å². The van der Waals surface area contributed by atoms with Crippen LogP contribution in [0.1, 0.15) is 50.9 Å². The number of aliphatic imine (C=N–C) groups is 1. The molecule has 0 spiro atoms. The minimum absolute atomic E-state index is 0.116. The van der Waals surface area contributed by atoms with Gasteiger partial charge >= 0.3 is 0 Å². The van der Waals surface area contributed by atoms with Crippen molar-refractivity contribution in [2.75, 3.05) is 0 Å². The summed E-state index contributed by atoms with van der Waals surface area (Å²) in [5.41, 5.74) is 7.52. The topological polar surface area (TPSA) is 28.1 Å². The predicted molar refractivity (Wildman–Crippen MR) is 112 cm³/mol. The Morgan fingerprint density at radius 1 is 1.12 bits per heavy atom. The summed E-state index contributed by atoms with van der Waals surface area (Å²) >= 11 is 0. The van der Waals surface area contributed by atoms with Crippen molar-refractivity contribution in [1.29, 1.82) is 0 Å². The lowest BCUT2D eigenvalue weighted by molar-refractivity contribution is 0.540. The van der Waals surface area contributed by atoms with Gasteiger partial charge in [-0.2, -0.15) is 0 Å². The lowest BCUT2D eigenvalue weighted by Crippen LogP contribution is -2.15. The van der Waals surface area contributed by atoms with E-state index in [0.29, 0.717) is 0 Å². The van der Waals surface area contributed by atoms with E-state index < -0.39 is 0 Å². The Kier molecular flexibility index (Phi) is 4.07. The van der Waals surface area contributed by atoms with Gasteiger partial charge < -0.3 is 4.98 Å². The first kappa shape index (κ1) is 16.8. The van der Waals surface area contributed by atoms with Crippen LogP contribution in [0, 0.1) is 5.41 Å². The van der Waals surface area contributed by atoms with Gasteiger partial charge in [0.1, 0.15) is 0 Å². The Bertz CT molecular complexity index is 1030. The quantitative estimate of drug-likeness (QED) is 0.572. The molecule has 4 rings (SSSR count). The number of H-pyrrole nitrogens is 1. The molecule has 2 aromatic carbocycles. The van der Waals surface area contributed by atoms with E-state index in [0.717, 1.165) is 12.8 Å². The van der Waals surface area contributed by atoms with E-state index in [1.807, 2.05) is 0 Å². The van der Waals surface area contributed by atoms with Gasteiger partial charge in [-0.3, -0.25) is 4.99 Å². The molecule has 0 saturated heterocycles. The van der Waals surface area contributed by atoms with Crippen LogP contribution >= 0.6 is 0 Å². The fraction of sp³-hybridized carbons (Fsp3) is 0.292. The second-order valence-corrected chi connectivity index (χ2v) is 7.88. The number of aromatic nitrogens is 1. The minimum atomic E-state index is 0.116. The summed E-state index contributed by atoms with van der Waals surface area (Å²) in [6, 6.07) is 17.5. The number of hydrogen-bond acceptors (Lipinski definition) is 1. The van der Waals surface area contributed by atoms with Crippen LogP contribution in [-0.4, -0.2) is 10.7 Å². The van der Waals surface area contributed by atoms with E-state index >= 15 is 0 Å². The van der Waals surface area contributed by atoms with E-state index in [4.69, 9.17) is 4.99 Å². The molecule has 1 aliphatic heterocycles. The van der Waals surface area contributed by atoms with E-state index in [1.54, 1.807) is 0 Å². The first-order chi connectivity index (χ1) is 12.5. The molecule has 2 heteroatoms. The van der Waals surface area contributed by atoms with Crippen molar-refractivity contribution in [3.05, 3.63) is 77.2 Å². The molecule has 0 bridgehead atoms. The second-order valence-electron chi connectivity index (χ2n) is 7.88. The molecule has 132 valence electrons. The van der Waals surface area contributed by atoms with Crippen molar-refractivity contribution in [2.45, 2.75) is 40.5 Å². The highest BCUT2D eigenvalue weighted by atomic mass is 14.8. The number of aryl methyl sites for hydroxylation is 1. The van der Waals surface area contributed by atoms with Crippen LogP contribution < -0.4 is 0 Å². The van der Waals surface area contributed by atoms with Crippen molar-refractivity contribution >= 4 is 22.1 Å². The lowest BCUT2D eigenvalue weighted by Gasteiger charge is -2.17. The fourth-order valence-electron chi connectivity index (χ4n) is 3.77. The molecule has 0 radical (unpaired) electrons. The standard InChI is InChI=1S/C24H26N2/c1-5-17-13-21(25-15-17)23(22-14-24(3,4)16(2)26-22)20-12-8-10-18-9-6-7-11-19(18)20/h6-13,15,25H,5,14H2,1-4H3/b23-22-. The normalized spacial score (nSPS) is 18.2. The molecule has 0 saturated carbocycles. The van der Waals surface area contributed by atoms with E-state index in [1.165, 1.54) is 44.6 Å².